The topological polar surface area (TPSA) is 63.7 Å². The van der Waals surface area contributed by atoms with Crippen LogP contribution in [0.15, 0.2) is 77.7 Å². The number of nitrogens with zero attached hydrogens (tertiary/aromatic N) is 1. The third-order valence-corrected chi connectivity index (χ3v) is 7.02. The highest BCUT2D eigenvalue weighted by Crippen LogP contribution is 2.28. The first-order valence-corrected chi connectivity index (χ1v) is 10.9. The van der Waals surface area contributed by atoms with E-state index in [0.717, 1.165) is 11.1 Å². The second-order valence-electron chi connectivity index (χ2n) is 6.70. The highest BCUT2D eigenvalue weighted by Gasteiger charge is 2.29. The fraction of sp³-hybridized carbons (Fsp3) is 0.136. The molecule has 0 amide bonds. The summed E-state index contributed by atoms with van der Waals surface area (Å²) in [5.41, 5.74) is 2.15. The lowest BCUT2D eigenvalue weighted by Crippen LogP contribution is -2.36. The van der Waals surface area contributed by atoms with Crippen LogP contribution in [-0.2, 0) is 23.0 Å². The third-order valence-electron chi connectivity index (χ3n) is 4.84. The Morgan fingerprint density at radius 1 is 0.931 bits per heavy atom. The first kappa shape index (κ1) is 19.6. The Kier molecular flexibility index (Phi) is 5.41. The Balaban J connectivity index is 1.62. The van der Waals surface area contributed by atoms with Crippen LogP contribution in [0.5, 0.6) is 5.75 Å². The SMILES string of the molecule is O=C(Oc1ccccc1)c1cc(S(=O)(=O)N2CCc3ccccc3C2)ccc1Cl. The van der Waals surface area contributed by atoms with E-state index in [2.05, 4.69) is 0 Å². The van der Waals surface area contributed by atoms with E-state index in [1.807, 2.05) is 24.3 Å². The van der Waals surface area contributed by atoms with Crippen molar-refractivity contribution in [3.63, 3.8) is 0 Å². The zero-order valence-corrected chi connectivity index (χ0v) is 17.0. The molecule has 0 saturated heterocycles. The van der Waals surface area contributed by atoms with Crippen LogP contribution in [0.1, 0.15) is 21.5 Å². The molecule has 0 spiro atoms. The van der Waals surface area contributed by atoms with Crippen LogP contribution in [0, 0.1) is 0 Å². The summed E-state index contributed by atoms with van der Waals surface area (Å²) in [4.78, 5) is 12.6. The quantitative estimate of drug-likeness (QED) is 0.460. The molecule has 0 bridgehead atoms. The van der Waals surface area contributed by atoms with Crippen molar-refractivity contribution in [2.24, 2.45) is 0 Å². The summed E-state index contributed by atoms with van der Waals surface area (Å²) in [6.07, 6.45) is 0.645. The Morgan fingerprint density at radius 2 is 1.62 bits per heavy atom. The number of hydrogen-bond acceptors (Lipinski definition) is 4. The van der Waals surface area contributed by atoms with Gasteiger partial charge in [-0.2, -0.15) is 4.31 Å². The van der Waals surface area contributed by atoms with Gasteiger partial charge in [0.15, 0.2) is 0 Å². The molecule has 0 radical (unpaired) electrons. The average Bonchev–Trinajstić information content (AvgIpc) is 2.74. The molecular weight excluding hydrogens is 410 g/mol. The lowest BCUT2D eigenvalue weighted by Gasteiger charge is -2.28. The van der Waals surface area contributed by atoms with Gasteiger partial charge in [0.05, 0.1) is 15.5 Å². The van der Waals surface area contributed by atoms with E-state index in [1.54, 1.807) is 30.3 Å². The normalized spacial score (nSPS) is 14.2. The van der Waals surface area contributed by atoms with E-state index < -0.39 is 16.0 Å². The van der Waals surface area contributed by atoms with E-state index in [-0.39, 0.29) is 15.5 Å². The summed E-state index contributed by atoms with van der Waals surface area (Å²) in [5.74, 6) is -0.350. The number of rotatable bonds is 4. The second kappa shape index (κ2) is 7.99. The van der Waals surface area contributed by atoms with Crippen LogP contribution < -0.4 is 4.74 Å². The number of sulfonamides is 1. The predicted molar refractivity (Wildman–Crippen MR) is 111 cm³/mol. The van der Waals surface area contributed by atoms with Gasteiger partial charge in [-0.3, -0.25) is 0 Å². The van der Waals surface area contributed by atoms with Crippen LogP contribution in [0.3, 0.4) is 0 Å². The summed E-state index contributed by atoms with van der Waals surface area (Å²) in [6, 6.07) is 20.4. The standard InChI is InChI=1S/C22H18ClNO4S/c23-21-11-10-19(14-20(21)22(25)28-18-8-2-1-3-9-18)29(26,27)24-13-12-16-6-4-5-7-17(16)15-24/h1-11,14H,12-13,15H2. The summed E-state index contributed by atoms with van der Waals surface area (Å²) in [5, 5.41) is 0.133. The molecule has 7 heteroatoms. The summed E-state index contributed by atoms with van der Waals surface area (Å²) >= 11 is 6.15. The number of fused-ring (bicyclic) bond motifs is 1. The number of ether oxygens (including phenoxy) is 1. The Morgan fingerprint density at radius 3 is 2.38 bits per heavy atom. The molecule has 4 rings (SSSR count). The largest absolute Gasteiger partial charge is 0.423 e. The van der Waals surface area contributed by atoms with Crippen molar-refractivity contribution >= 4 is 27.6 Å². The van der Waals surface area contributed by atoms with Gasteiger partial charge in [-0.25, -0.2) is 13.2 Å². The maximum atomic E-state index is 13.2. The molecule has 0 atom stereocenters. The second-order valence-corrected chi connectivity index (χ2v) is 9.05. The number of halogens is 1. The maximum Gasteiger partial charge on any atom is 0.345 e. The monoisotopic (exact) mass is 427 g/mol. The molecule has 0 fully saturated rings. The van der Waals surface area contributed by atoms with E-state index in [1.165, 1.54) is 22.5 Å². The molecule has 5 nitrogen and oxygen atoms in total. The smallest absolute Gasteiger partial charge is 0.345 e. The summed E-state index contributed by atoms with van der Waals surface area (Å²) in [6.45, 7) is 0.677. The number of benzene rings is 3. The molecule has 0 unspecified atom stereocenters. The van der Waals surface area contributed by atoms with E-state index >= 15 is 0 Å². The first-order valence-electron chi connectivity index (χ1n) is 9.09. The molecule has 0 aromatic heterocycles. The Labute approximate surface area is 174 Å². The molecule has 1 aliphatic rings. The molecule has 0 aliphatic carbocycles. The molecule has 0 N–H and O–H groups in total. The summed E-state index contributed by atoms with van der Waals surface area (Å²) < 4.78 is 33.1. The van der Waals surface area contributed by atoms with Crippen LogP contribution in [0.25, 0.3) is 0 Å². The van der Waals surface area contributed by atoms with Crippen LogP contribution in [-0.4, -0.2) is 25.2 Å². The Bertz CT molecular complexity index is 1160. The van der Waals surface area contributed by atoms with Crippen molar-refractivity contribution in [3.8, 4) is 5.75 Å². The van der Waals surface area contributed by atoms with Crippen molar-refractivity contribution in [2.45, 2.75) is 17.9 Å². The lowest BCUT2D eigenvalue weighted by molar-refractivity contribution is 0.0734. The fourth-order valence-corrected chi connectivity index (χ4v) is 4.94. The first-order chi connectivity index (χ1) is 13.9. The van der Waals surface area contributed by atoms with E-state index in [4.69, 9.17) is 16.3 Å². The molecule has 3 aromatic carbocycles. The highest BCUT2D eigenvalue weighted by atomic mass is 35.5. The zero-order valence-electron chi connectivity index (χ0n) is 15.4. The van der Waals surface area contributed by atoms with Gasteiger partial charge in [-0.15, -0.1) is 0 Å². The molecule has 148 valence electrons. The van der Waals surface area contributed by atoms with Crippen molar-refractivity contribution in [2.75, 3.05) is 6.54 Å². The molecular formula is C22H18ClNO4S. The van der Waals surface area contributed by atoms with E-state index in [9.17, 15) is 13.2 Å². The molecule has 29 heavy (non-hydrogen) atoms. The van der Waals surface area contributed by atoms with Gasteiger partial charge in [0.2, 0.25) is 10.0 Å². The number of carbonyl (C=O) groups excluding carboxylic acids is 1. The maximum absolute atomic E-state index is 13.2. The van der Waals surface area contributed by atoms with Crippen molar-refractivity contribution in [1.29, 1.82) is 0 Å². The van der Waals surface area contributed by atoms with Crippen LogP contribution in [0.4, 0.5) is 0 Å². The number of hydrogen-bond donors (Lipinski definition) is 0. The van der Waals surface area contributed by atoms with Gasteiger partial charge in [0, 0.05) is 13.1 Å². The van der Waals surface area contributed by atoms with Gasteiger partial charge >= 0.3 is 5.97 Å². The van der Waals surface area contributed by atoms with E-state index in [0.29, 0.717) is 25.3 Å². The van der Waals surface area contributed by atoms with Gasteiger partial charge in [-0.1, -0.05) is 54.1 Å². The highest BCUT2D eigenvalue weighted by molar-refractivity contribution is 7.89. The van der Waals surface area contributed by atoms with Gasteiger partial charge < -0.3 is 4.74 Å². The predicted octanol–water partition coefficient (Wildman–Crippen LogP) is 4.31. The minimum atomic E-state index is -3.78. The van der Waals surface area contributed by atoms with Crippen molar-refractivity contribution in [1.82, 2.24) is 4.31 Å². The van der Waals surface area contributed by atoms with Gasteiger partial charge in [0.1, 0.15) is 5.75 Å². The van der Waals surface area contributed by atoms with Gasteiger partial charge in [0.25, 0.3) is 0 Å². The van der Waals surface area contributed by atoms with Crippen molar-refractivity contribution in [3.05, 3.63) is 94.5 Å². The summed E-state index contributed by atoms with van der Waals surface area (Å²) in [7, 11) is -3.78. The average molecular weight is 428 g/mol. The van der Waals surface area contributed by atoms with Crippen LogP contribution >= 0.6 is 11.6 Å². The minimum absolute atomic E-state index is 0.00834. The zero-order chi connectivity index (χ0) is 20.4. The number of esters is 1. The van der Waals surface area contributed by atoms with Crippen LogP contribution in [0.2, 0.25) is 5.02 Å². The third kappa shape index (κ3) is 4.05. The fourth-order valence-electron chi connectivity index (χ4n) is 3.30. The van der Waals surface area contributed by atoms with Crippen molar-refractivity contribution < 1.29 is 17.9 Å². The number of carbonyl (C=O) groups is 1. The lowest BCUT2D eigenvalue weighted by atomic mass is 10.0. The molecule has 1 aliphatic heterocycles. The molecule has 0 saturated carbocycles. The minimum Gasteiger partial charge on any atom is -0.423 e. The van der Waals surface area contributed by atoms with Gasteiger partial charge in [-0.05, 0) is 47.9 Å². The number of para-hydroxylation sites is 1. The molecule has 1 heterocycles. The molecule has 3 aromatic rings. The Hall–Kier alpha value is -2.67.